The fourth-order valence-electron chi connectivity index (χ4n) is 9.16. The van der Waals surface area contributed by atoms with Crippen LogP contribution < -0.4 is 5.32 Å². The lowest BCUT2D eigenvalue weighted by Crippen LogP contribution is -2.66. The molecule has 7 atom stereocenters. The Morgan fingerprint density at radius 1 is 1.13 bits per heavy atom. The van der Waals surface area contributed by atoms with Gasteiger partial charge in [0.05, 0.1) is 10.8 Å². The molecule has 0 heterocycles. The van der Waals surface area contributed by atoms with Crippen molar-refractivity contribution < 1.29 is 19.5 Å². The maximum absolute atomic E-state index is 14.2. The molecule has 0 aromatic carbocycles. The molecule has 31 heavy (non-hydrogen) atoms. The second-order valence-corrected chi connectivity index (χ2v) is 11.6. The van der Waals surface area contributed by atoms with E-state index in [4.69, 9.17) is 0 Å². The third-order valence-corrected chi connectivity index (χ3v) is 10.3. The molecule has 0 spiro atoms. The number of rotatable bonds is 5. The van der Waals surface area contributed by atoms with E-state index < -0.39 is 22.2 Å². The van der Waals surface area contributed by atoms with Crippen LogP contribution in [0.4, 0.5) is 0 Å². The van der Waals surface area contributed by atoms with Gasteiger partial charge in [-0.2, -0.15) is 0 Å². The molecule has 4 saturated carbocycles. The summed E-state index contributed by atoms with van der Waals surface area (Å²) in [5.74, 6) is -0.446. The highest BCUT2D eigenvalue weighted by Gasteiger charge is 2.86. The van der Waals surface area contributed by atoms with Crippen molar-refractivity contribution in [1.82, 2.24) is 5.32 Å². The molecule has 5 nitrogen and oxygen atoms in total. The van der Waals surface area contributed by atoms with E-state index in [2.05, 4.69) is 18.3 Å². The van der Waals surface area contributed by atoms with Gasteiger partial charge in [-0.1, -0.05) is 58.1 Å². The summed E-state index contributed by atoms with van der Waals surface area (Å²) in [6.45, 7) is 6.27. The number of carboxylic acid groups (broad SMARTS) is 1. The summed E-state index contributed by atoms with van der Waals surface area (Å²) in [5, 5.41) is 14.3. The van der Waals surface area contributed by atoms with Crippen molar-refractivity contribution in [1.29, 1.82) is 0 Å². The third kappa shape index (κ3) is 2.31. The normalized spacial score (nSPS) is 46.0. The number of hydrogen-bond donors (Lipinski definition) is 2. The molecule has 0 aliphatic heterocycles. The Morgan fingerprint density at radius 2 is 1.84 bits per heavy atom. The predicted molar refractivity (Wildman–Crippen MR) is 117 cm³/mol. The number of allylic oxidation sites excluding steroid dienone is 1. The van der Waals surface area contributed by atoms with Crippen molar-refractivity contribution in [2.75, 3.05) is 0 Å². The van der Waals surface area contributed by atoms with E-state index in [9.17, 15) is 19.5 Å². The quantitative estimate of drug-likeness (QED) is 0.504. The van der Waals surface area contributed by atoms with E-state index in [-0.39, 0.29) is 35.6 Å². The average molecular weight is 428 g/mol. The Bertz CT molecular complexity index is 842. The highest BCUT2D eigenvalue weighted by atomic mass is 16.4. The van der Waals surface area contributed by atoms with Crippen molar-refractivity contribution in [3.63, 3.8) is 0 Å². The van der Waals surface area contributed by atoms with Crippen LogP contribution in [0.15, 0.2) is 11.6 Å². The van der Waals surface area contributed by atoms with Crippen LogP contribution in [0.25, 0.3) is 0 Å². The molecule has 0 aromatic rings. The summed E-state index contributed by atoms with van der Waals surface area (Å²) < 4.78 is 0. The van der Waals surface area contributed by atoms with Crippen LogP contribution in [-0.2, 0) is 14.4 Å². The summed E-state index contributed by atoms with van der Waals surface area (Å²) >= 11 is 0. The predicted octanol–water partition coefficient (Wildman–Crippen LogP) is 4.36. The number of hydrogen-bond acceptors (Lipinski definition) is 3. The van der Waals surface area contributed by atoms with Gasteiger partial charge in [-0.25, -0.2) is 0 Å². The lowest BCUT2D eigenvalue weighted by molar-refractivity contribution is -0.184. The van der Waals surface area contributed by atoms with Gasteiger partial charge in [-0.3, -0.25) is 9.59 Å². The van der Waals surface area contributed by atoms with Crippen molar-refractivity contribution >= 4 is 18.2 Å². The molecule has 0 aromatic heterocycles. The minimum absolute atomic E-state index is 0.00189. The first-order valence-electron chi connectivity index (χ1n) is 12.5. The zero-order valence-corrected chi connectivity index (χ0v) is 19.2. The smallest absolute Gasteiger partial charge is 0.315 e. The first kappa shape index (κ1) is 21.2. The number of carboxylic acids is 1. The van der Waals surface area contributed by atoms with Gasteiger partial charge >= 0.3 is 5.97 Å². The number of carbonyl (C=O) groups excluding carboxylic acids is 2. The van der Waals surface area contributed by atoms with E-state index in [1.54, 1.807) is 0 Å². The molecule has 170 valence electrons. The van der Waals surface area contributed by atoms with Gasteiger partial charge in [0.1, 0.15) is 11.7 Å². The van der Waals surface area contributed by atoms with Gasteiger partial charge in [-0.05, 0) is 61.7 Å². The first-order chi connectivity index (χ1) is 14.8. The minimum atomic E-state index is -1.40. The Labute approximate surface area is 185 Å². The molecule has 2 unspecified atom stereocenters. The number of aliphatic carboxylic acids is 1. The van der Waals surface area contributed by atoms with Gasteiger partial charge in [0.25, 0.3) is 0 Å². The van der Waals surface area contributed by atoms with Crippen LogP contribution in [0.2, 0.25) is 0 Å². The molecule has 0 radical (unpaired) electrons. The molecular formula is C26H37NO4. The molecule has 5 aliphatic rings. The summed E-state index contributed by atoms with van der Waals surface area (Å²) in [5.41, 5.74) is -2.56. The molecule has 5 aliphatic carbocycles. The van der Waals surface area contributed by atoms with Gasteiger partial charge in [-0.15, -0.1) is 0 Å². The Balaban J connectivity index is 1.69. The second-order valence-electron chi connectivity index (χ2n) is 11.6. The number of fused-ring (bicyclic) bond motifs is 2. The van der Waals surface area contributed by atoms with Crippen LogP contribution >= 0.6 is 0 Å². The maximum Gasteiger partial charge on any atom is 0.315 e. The molecule has 4 bridgehead atoms. The topological polar surface area (TPSA) is 83.5 Å². The highest BCUT2D eigenvalue weighted by molar-refractivity contribution is 6.00. The number of carbonyl (C=O) groups is 3. The van der Waals surface area contributed by atoms with Crippen LogP contribution in [0.5, 0.6) is 0 Å². The summed E-state index contributed by atoms with van der Waals surface area (Å²) in [6.07, 6.45) is 11.5. The Morgan fingerprint density at radius 3 is 2.45 bits per heavy atom. The fraction of sp³-hybridized carbons (Fsp3) is 0.808. The van der Waals surface area contributed by atoms with E-state index in [0.29, 0.717) is 18.8 Å². The third-order valence-electron chi connectivity index (χ3n) is 10.3. The van der Waals surface area contributed by atoms with Gasteiger partial charge < -0.3 is 15.2 Å². The van der Waals surface area contributed by atoms with Crippen LogP contribution in [0.1, 0.15) is 78.6 Å². The molecule has 1 amide bonds. The molecule has 5 rings (SSSR count). The largest absolute Gasteiger partial charge is 0.481 e. The van der Waals surface area contributed by atoms with Crippen molar-refractivity contribution in [2.24, 2.45) is 45.8 Å². The van der Waals surface area contributed by atoms with Crippen molar-refractivity contribution in [3.8, 4) is 0 Å². The van der Waals surface area contributed by atoms with E-state index in [1.807, 2.05) is 13.8 Å². The lowest BCUT2D eigenvalue weighted by atomic mass is 9.42. The van der Waals surface area contributed by atoms with Gasteiger partial charge in [0, 0.05) is 6.04 Å². The maximum atomic E-state index is 14.2. The standard InChI is InChI=1S/C26H37NO4/c1-15(2)21-11-17-12-24(14-28)20-10-9-16(3)19(20)13-25(17,26(21,24)23(30)31)22(29)27-18-7-5-4-6-8-18/h11,14-20H,4-10,12-13H2,1-3H3,(H,27,29)(H,30,31)/t16-,17?,19-,20-,24+,25?,26+/m1/s1. The number of nitrogens with one attached hydrogen (secondary N) is 1. The van der Waals surface area contributed by atoms with Gasteiger partial charge in [0.2, 0.25) is 5.91 Å². The monoisotopic (exact) mass is 427 g/mol. The van der Waals surface area contributed by atoms with Crippen LogP contribution in [0, 0.1) is 45.8 Å². The zero-order chi connectivity index (χ0) is 22.2. The van der Waals surface area contributed by atoms with Crippen molar-refractivity contribution in [3.05, 3.63) is 11.6 Å². The first-order valence-corrected chi connectivity index (χ1v) is 12.5. The molecular weight excluding hydrogens is 390 g/mol. The van der Waals surface area contributed by atoms with E-state index >= 15 is 0 Å². The zero-order valence-electron chi connectivity index (χ0n) is 19.2. The Kier molecular flexibility index (Phi) is 4.74. The van der Waals surface area contributed by atoms with Crippen LogP contribution in [-0.4, -0.2) is 29.3 Å². The molecule has 0 saturated heterocycles. The minimum Gasteiger partial charge on any atom is -0.481 e. The fourth-order valence-corrected chi connectivity index (χ4v) is 9.16. The number of amides is 1. The highest BCUT2D eigenvalue weighted by Crippen LogP contribution is 2.82. The summed E-state index contributed by atoms with van der Waals surface area (Å²) in [6, 6.07) is 0.133. The van der Waals surface area contributed by atoms with E-state index in [1.165, 1.54) is 6.42 Å². The van der Waals surface area contributed by atoms with E-state index in [0.717, 1.165) is 50.4 Å². The Hall–Kier alpha value is -1.65. The lowest BCUT2D eigenvalue weighted by Gasteiger charge is -2.57. The average Bonchev–Trinajstić information content (AvgIpc) is 3.32. The van der Waals surface area contributed by atoms with Gasteiger partial charge in [0.15, 0.2) is 0 Å². The number of aldehydes is 1. The molecule has 4 fully saturated rings. The van der Waals surface area contributed by atoms with Crippen LogP contribution in [0.3, 0.4) is 0 Å². The SMILES string of the molecule is CC(C)C1=CC2C[C@]3(C=O)[C@@H]4CC[C@@H](C)[C@H]4CC2(C(=O)NC2CCCCC2)[C@]13C(=O)O. The summed E-state index contributed by atoms with van der Waals surface area (Å²) in [7, 11) is 0. The molecule has 2 N–H and O–H groups in total. The molecule has 5 heteroatoms. The second kappa shape index (κ2) is 6.92. The summed E-state index contributed by atoms with van der Waals surface area (Å²) in [4.78, 5) is 40.6. The van der Waals surface area contributed by atoms with Crippen molar-refractivity contribution in [2.45, 2.75) is 84.6 Å².